The van der Waals surface area contributed by atoms with Crippen LogP contribution in [0, 0.1) is 0 Å². The molecule has 0 spiro atoms. The van der Waals surface area contributed by atoms with Gasteiger partial charge < -0.3 is 4.74 Å². The van der Waals surface area contributed by atoms with Crippen molar-refractivity contribution in [3.05, 3.63) is 75.2 Å². The van der Waals surface area contributed by atoms with E-state index in [0.717, 1.165) is 55.7 Å². The van der Waals surface area contributed by atoms with Gasteiger partial charge in [-0.3, -0.25) is 15.1 Å². The lowest BCUT2D eigenvalue weighted by Crippen LogP contribution is -2.50. The van der Waals surface area contributed by atoms with E-state index in [0.29, 0.717) is 10.9 Å². The van der Waals surface area contributed by atoms with Crippen LogP contribution in [0.25, 0.3) is 16.5 Å². The smallest absolute Gasteiger partial charge is 0.276 e. The maximum Gasteiger partial charge on any atom is 0.276 e. The van der Waals surface area contributed by atoms with Crippen LogP contribution in [0.15, 0.2) is 69.2 Å². The highest BCUT2D eigenvalue weighted by Crippen LogP contribution is 2.37. The predicted molar refractivity (Wildman–Crippen MR) is 136 cm³/mol. The standard InChI is InChI=1S/C25H23BrN4O2S/c1-3-4-13-33-25-28-24(31)22-19-14-15(26)9-11-20(19)27-23(30(22)29-25)18-10-12-21(32-2)17-8-6-5-7-16(17)18/h5-12,14,23H,3-4,13H2,1-2H3,(H,28,29,31). The lowest BCUT2D eigenvalue weighted by molar-refractivity contribution is -0.116. The van der Waals surface area contributed by atoms with E-state index in [4.69, 9.17) is 14.8 Å². The number of hydrogen-bond acceptors (Lipinski definition) is 6. The van der Waals surface area contributed by atoms with Crippen LogP contribution in [-0.4, -0.2) is 28.9 Å². The Morgan fingerprint density at radius 2 is 1.97 bits per heavy atom. The molecule has 0 aliphatic carbocycles. The Kier molecular flexibility index (Phi) is 6.12. The number of methoxy groups -OCH3 is 1. The summed E-state index contributed by atoms with van der Waals surface area (Å²) in [7, 11) is 1.67. The molecule has 0 radical (unpaired) electrons. The summed E-state index contributed by atoms with van der Waals surface area (Å²) in [6.07, 6.45) is 1.67. The number of benzene rings is 3. The minimum atomic E-state index is -0.475. The number of rotatable bonds is 5. The molecule has 1 N–H and O–H groups in total. The minimum Gasteiger partial charge on any atom is -0.496 e. The van der Waals surface area contributed by atoms with E-state index in [-0.39, 0.29) is 5.91 Å². The Bertz CT molecular complexity index is 1410. The molecule has 5 rings (SSSR count). The first kappa shape index (κ1) is 22.0. The minimum absolute atomic E-state index is 0.166. The maximum atomic E-state index is 13.3. The summed E-state index contributed by atoms with van der Waals surface area (Å²) in [5.41, 5.74) is 1.47. The van der Waals surface area contributed by atoms with Crippen LogP contribution in [0.2, 0.25) is 0 Å². The van der Waals surface area contributed by atoms with E-state index >= 15 is 0 Å². The van der Waals surface area contributed by atoms with Crippen molar-refractivity contribution in [3.63, 3.8) is 0 Å². The Balaban J connectivity index is 1.73. The highest BCUT2D eigenvalue weighted by atomic mass is 79.9. The zero-order chi connectivity index (χ0) is 22.9. The van der Waals surface area contributed by atoms with Crippen LogP contribution in [-0.2, 0) is 4.79 Å². The van der Waals surface area contributed by atoms with Crippen LogP contribution >= 0.6 is 27.7 Å². The number of carbonyl (C=O) groups excluding carboxylic acids is 1. The normalized spacial score (nSPS) is 17.1. The molecule has 2 aliphatic rings. The average Bonchev–Trinajstić information content (AvgIpc) is 2.83. The maximum absolute atomic E-state index is 13.3. The molecule has 3 aromatic carbocycles. The van der Waals surface area contributed by atoms with Crippen LogP contribution in [0.4, 0.5) is 0 Å². The first-order valence-electron chi connectivity index (χ1n) is 10.9. The molecule has 2 aliphatic heterocycles. The molecule has 6 nitrogen and oxygen atoms in total. The highest BCUT2D eigenvalue weighted by molar-refractivity contribution is 9.10. The molecule has 3 aromatic rings. The summed E-state index contributed by atoms with van der Waals surface area (Å²) < 4.78 is 6.47. The van der Waals surface area contributed by atoms with Gasteiger partial charge in [0.25, 0.3) is 5.91 Å². The Hall–Kier alpha value is -2.84. The van der Waals surface area contributed by atoms with Crippen molar-refractivity contribution in [1.82, 2.24) is 10.3 Å². The summed E-state index contributed by atoms with van der Waals surface area (Å²) in [4.78, 5) is 18.4. The number of nitrogens with zero attached hydrogens (tertiary/aromatic N) is 3. The second-order valence-electron chi connectivity index (χ2n) is 7.82. The van der Waals surface area contributed by atoms with Crippen molar-refractivity contribution >= 4 is 55.2 Å². The van der Waals surface area contributed by atoms with Crippen LogP contribution in [0.3, 0.4) is 0 Å². The fraction of sp³-hybridized carbons (Fsp3) is 0.240. The predicted octanol–water partition coefficient (Wildman–Crippen LogP) is 4.29. The number of nitrogens with one attached hydrogen (secondary N) is 1. The first-order chi connectivity index (χ1) is 16.1. The molecule has 33 heavy (non-hydrogen) atoms. The van der Waals surface area contributed by atoms with Gasteiger partial charge >= 0.3 is 0 Å². The highest BCUT2D eigenvalue weighted by Gasteiger charge is 2.35. The molecule has 8 heteroatoms. The Morgan fingerprint density at radius 3 is 2.76 bits per heavy atom. The molecule has 2 heterocycles. The fourth-order valence-electron chi connectivity index (χ4n) is 4.13. The van der Waals surface area contributed by atoms with Gasteiger partial charge in [-0.1, -0.05) is 71.4 Å². The van der Waals surface area contributed by atoms with Crippen molar-refractivity contribution in [2.75, 3.05) is 12.9 Å². The summed E-state index contributed by atoms with van der Waals surface area (Å²) in [6.45, 7) is 2.15. The molecular formula is C25H23BrN4O2S. The molecule has 168 valence electrons. The van der Waals surface area contributed by atoms with E-state index in [9.17, 15) is 4.79 Å². The van der Waals surface area contributed by atoms with E-state index in [1.807, 2.05) is 48.5 Å². The number of ether oxygens (including phenoxy) is 1. The number of amides is 1. The summed E-state index contributed by atoms with van der Waals surface area (Å²) in [5, 5.41) is 13.8. The van der Waals surface area contributed by atoms with Gasteiger partial charge in [-0.25, -0.2) is 5.01 Å². The van der Waals surface area contributed by atoms with Gasteiger partial charge in [-0.2, -0.15) is 0 Å². The van der Waals surface area contributed by atoms with Crippen LogP contribution in [0.5, 0.6) is 5.75 Å². The number of hydrazone groups is 1. The number of thioether (sulfide) groups is 1. The Labute approximate surface area is 204 Å². The Morgan fingerprint density at radius 1 is 1.15 bits per heavy atom. The van der Waals surface area contributed by atoms with Gasteiger partial charge in [0.05, 0.1) is 12.5 Å². The molecule has 1 unspecified atom stereocenters. The molecular weight excluding hydrogens is 500 g/mol. The van der Waals surface area contributed by atoms with Crippen molar-refractivity contribution in [1.29, 1.82) is 0 Å². The van der Waals surface area contributed by atoms with Gasteiger partial charge in [-0.15, -0.1) is 5.10 Å². The van der Waals surface area contributed by atoms with Crippen LogP contribution in [0.1, 0.15) is 31.5 Å². The van der Waals surface area contributed by atoms with Crippen molar-refractivity contribution in [2.45, 2.75) is 25.9 Å². The van der Waals surface area contributed by atoms with Crippen molar-refractivity contribution < 1.29 is 9.53 Å². The summed E-state index contributed by atoms with van der Waals surface area (Å²) in [5.74, 6) is 1.53. The third kappa shape index (κ3) is 4.02. The molecule has 0 bridgehead atoms. The number of carbonyl (C=O) groups is 1. The first-order valence-corrected chi connectivity index (χ1v) is 12.6. The number of fused-ring (bicyclic) bond motifs is 3. The number of amidine groups is 1. The summed E-state index contributed by atoms with van der Waals surface area (Å²) in [6, 6.07) is 17.9. The van der Waals surface area contributed by atoms with E-state index < -0.39 is 6.17 Å². The number of halogens is 1. The quantitative estimate of drug-likeness (QED) is 0.507. The fourth-order valence-corrected chi connectivity index (χ4v) is 5.43. The van der Waals surface area contributed by atoms with E-state index in [2.05, 4.69) is 34.2 Å². The molecule has 0 fully saturated rings. The molecule has 1 amide bonds. The molecule has 1 atom stereocenters. The largest absolute Gasteiger partial charge is 0.496 e. The third-order valence-corrected chi connectivity index (χ3v) is 7.17. The van der Waals surface area contributed by atoms with Crippen molar-refractivity contribution in [2.24, 2.45) is 10.1 Å². The van der Waals surface area contributed by atoms with E-state index in [1.54, 1.807) is 23.9 Å². The van der Waals surface area contributed by atoms with E-state index in [1.165, 1.54) is 0 Å². The van der Waals surface area contributed by atoms with Gasteiger partial charge in [0.2, 0.25) is 0 Å². The number of unbranched alkanes of at least 4 members (excludes halogenated alkanes) is 1. The monoisotopic (exact) mass is 522 g/mol. The zero-order valence-electron chi connectivity index (χ0n) is 18.3. The lowest BCUT2D eigenvalue weighted by Gasteiger charge is -2.34. The lowest BCUT2D eigenvalue weighted by atomic mass is 10.00. The molecule has 0 aromatic heterocycles. The second kappa shape index (κ2) is 9.19. The number of hydrogen-bond donors (Lipinski definition) is 1. The van der Waals surface area contributed by atoms with Crippen molar-refractivity contribution in [3.8, 4) is 5.75 Å². The summed E-state index contributed by atoms with van der Waals surface area (Å²) >= 11 is 5.10. The SMILES string of the molecule is CCCCSC1=NN2C(=c3cc(Br)ccc3=NC2c2ccc(OC)c3ccccc23)C(=O)N1. The van der Waals surface area contributed by atoms with Gasteiger partial charge in [0.15, 0.2) is 11.3 Å². The second-order valence-corrected chi connectivity index (χ2v) is 9.82. The molecule has 0 saturated heterocycles. The van der Waals surface area contributed by atoms with Gasteiger partial charge in [-0.05, 0) is 36.1 Å². The van der Waals surface area contributed by atoms with Gasteiger partial charge in [0.1, 0.15) is 11.4 Å². The van der Waals surface area contributed by atoms with Gasteiger partial charge in [0, 0.05) is 26.4 Å². The average molecular weight is 523 g/mol. The third-order valence-electron chi connectivity index (χ3n) is 5.72. The zero-order valence-corrected chi connectivity index (χ0v) is 20.7. The molecule has 0 saturated carbocycles. The van der Waals surface area contributed by atoms with Crippen LogP contribution < -0.4 is 20.6 Å². The topological polar surface area (TPSA) is 66.3 Å².